The van der Waals surface area contributed by atoms with Crippen molar-refractivity contribution in [2.75, 3.05) is 21.2 Å². The molecule has 0 amide bonds. The van der Waals surface area contributed by atoms with Gasteiger partial charge in [0.25, 0.3) is 0 Å². The molecule has 3 aliphatic rings. The summed E-state index contributed by atoms with van der Waals surface area (Å²) in [7, 11) is 5.12. The third kappa shape index (κ3) is 8.34. The highest BCUT2D eigenvalue weighted by Gasteiger charge is 2.59. The number of methoxy groups -OCH3 is 1. The lowest BCUT2D eigenvalue weighted by Crippen LogP contribution is -2.65. The fraction of sp³-hybridized carbons (Fsp3) is 0.737. The van der Waals surface area contributed by atoms with E-state index in [2.05, 4.69) is 0 Å². The number of benzene rings is 1. The van der Waals surface area contributed by atoms with Crippen LogP contribution >= 0.6 is 0 Å². The summed E-state index contributed by atoms with van der Waals surface area (Å²) in [6.45, 7) is 13.7. The molecule has 0 aliphatic carbocycles. The lowest BCUT2D eigenvalue weighted by Gasteiger charge is -2.49. The van der Waals surface area contributed by atoms with E-state index in [0.717, 1.165) is 5.56 Å². The number of fused-ring (bicyclic) bond motifs is 1. The third-order valence-electron chi connectivity index (χ3n) is 11.2. The fourth-order valence-corrected chi connectivity index (χ4v) is 8.11. The van der Waals surface area contributed by atoms with Crippen LogP contribution < -0.4 is 0 Å². The minimum atomic E-state index is -1.47. The molecule has 0 aromatic heterocycles. The first-order valence-electron chi connectivity index (χ1n) is 17.9. The number of aliphatic hydroxyl groups is 1. The SMILES string of the molecule is CC[C@H]1OC(=O)[C@H](C)C(=O)[C@H](C)[C@@H](O[C@@H]2O[C@H](C)[C@@H](OCc3ccccc3)[C@H](N(C)C)[C@H]2O)[C@@](C)(OC)C[C@@H](C)C(=O)[C@H](C)[C@H]2OC(=O)O[C@@]21C. The Morgan fingerprint density at radius 1 is 0.941 bits per heavy atom. The van der Waals surface area contributed by atoms with E-state index in [1.165, 1.54) is 14.0 Å². The summed E-state index contributed by atoms with van der Waals surface area (Å²) in [6, 6.07) is 9.13. The van der Waals surface area contributed by atoms with Crippen molar-refractivity contribution in [3.05, 3.63) is 35.9 Å². The average Bonchev–Trinajstić information content (AvgIpc) is 3.41. The molecule has 4 rings (SSSR count). The van der Waals surface area contributed by atoms with Gasteiger partial charge in [0.1, 0.15) is 30.0 Å². The van der Waals surface area contributed by atoms with Crippen molar-refractivity contribution in [3.63, 3.8) is 0 Å². The highest BCUT2D eigenvalue weighted by Crippen LogP contribution is 2.42. The van der Waals surface area contributed by atoms with Gasteiger partial charge in [0.2, 0.25) is 0 Å². The summed E-state index contributed by atoms with van der Waals surface area (Å²) in [5, 5.41) is 11.8. The van der Waals surface area contributed by atoms with Crippen LogP contribution in [0.1, 0.15) is 73.8 Å². The normalized spacial score (nSPS) is 41.4. The van der Waals surface area contributed by atoms with Gasteiger partial charge in [-0.05, 0) is 60.2 Å². The molecule has 1 aromatic carbocycles. The molecule has 51 heavy (non-hydrogen) atoms. The van der Waals surface area contributed by atoms with E-state index in [0.29, 0.717) is 6.61 Å². The Morgan fingerprint density at radius 3 is 2.18 bits per heavy atom. The molecule has 0 radical (unpaired) electrons. The summed E-state index contributed by atoms with van der Waals surface area (Å²) >= 11 is 0. The molecule has 1 aromatic rings. The molecular formula is C38H57NO12. The summed E-state index contributed by atoms with van der Waals surface area (Å²) < 4.78 is 42.4. The zero-order valence-corrected chi connectivity index (χ0v) is 31.8. The molecule has 3 heterocycles. The number of cyclic esters (lactones) is 1. The number of hydrogen-bond acceptors (Lipinski definition) is 13. The number of hydrogen-bond donors (Lipinski definition) is 1. The highest BCUT2D eigenvalue weighted by molar-refractivity contribution is 6.00. The molecule has 0 spiro atoms. The summed E-state index contributed by atoms with van der Waals surface area (Å²) in [4.78, 5) is 56.2. The summed E-state index contributed by atoms with van der Waals surface area (Å²) in [6.07, 6.45) is -7.34. The van der Waals surface area contributed by atoms with Gasteiger partial charge in [0.05, 0.1) is 36.4 Å². The first-order chi connectivity index (χ1) is 23.9. The zero-order valence-electron chi connectivity index (χ0n) is 31.8. The monoisotopic (exact) mass is 719 g/mol. The largest absolute Gasteiger partial charge is 0.509 e. The maximum atomic E-state index is 14.2. The van der Waals surface area contributed by atoms with Gasteiger partial charge in [-0.1, -0.05) is 58.0 Å². The highest BCUT2D eigenvalue weighted by atomic mass is 16.8. The molecule has 1 N–H and O–H groups in total. The molecule has 3 aliphatic heterocycles. The predicted octanol–water partition coefficient (Wildman–Crippen LogP) is 4.10. The first kappa shape index (κ1) is 40.8. The van der Waals surface area contributed by atoms with Crippen molar-refractivity contribution < 1.29 is 57.4 Å². The maximum absolute atomic E-state index is 14.2. The van der Waals surface area contributed by atoms with Crippen molar-refractivity contribution in [1.82, 2.24) is 4.90 Å². The second kappa shape index (κ2) is 16.4. The zero-order chi connectivity index (χ0) is 38.0. The van der Waals surface area contributed by atoms with Crippen molar-refractivity contribution >= 4 is 23.7 Å². The third-order valence-corrected chi connectivity index (χ3v) is 11.2. The van der Waals surface area contributed by atoms with E-state index in [4.69, 9.17) is 33.2 Å². The molecule has 13 heteroatoms. The van der Waals surface area contributed by atoms with Crippen molar-refractivity contribution in [2.24, 2.45) is 23.7 Å². The van der Waals surface area contributed by atoms with Crippen molar-refractivity contribution in [1.29, 1.82) is 0 Å². The second-order valence-corrected chi connectivity index (χ2v) is 15.1. The molecule has 0 unspecified atom stereocenters. The summed E-state index contributed by atoms with van der Waals surface area (Å²) in [5.41, 5.74) is -1.81. The van der Waals surface area contributed by atoms with E-state index in [1.54, 1.807) is 41.5 Å². The Kier molecular flexibility index (Phi) is 13.1. The molecule has 0 bridgehead atoms. The van der Waals surface area contributed by atoms with Crippen LogP contribution in [-0.4, -0.2) is 115 Å². The number of Topliss-reactive ketones (excluding diaryl/α,β-unsaturated/α-hetero) is 2. The molecule has 286 valence electrons. The number of rotatable bonds is 8. The molecular weight excluding hydrogens is 662 g/mol. The molecule has 3 saturated heterocycles. The smallest absolute Gasteiger partial charge is 0.457 e. The topological polar surface area (TPSA) is 156 Å². The molecule has 0 saturated carbocycles. The van der Waals surface area contributed by atoms with Crippen LogP contribution in [0.4, 0.5) is 4.79 Å². The number of aliphatic hydroxyl groups excluding tert-OH is 1. The van der Waals surface area contributed by atoms with Gasteiger partial charge in [-0.2, -0.15) is 0 Å². The van der Waals surface area contributed by atoms with E-state index < -0.39 is 102 Å². The Bertz CT molecular complexity index is 1390. The lowest BCUT2D eigenvalue weighted by molar-refractivity contribution is -0.318. The fourth-order valence-electron chi connectivity index (χ4n) is 8.11. The first-order valence-corrected chi connectivity index (χ1v) is 17.9. The molecule has 14 atom stereocenters. The van der Waals surface area contributed by atoms with Crippen LogP contribution in [0.2, 0.25) is 0 Å². The number of esters is 1. The van der Waals surface area contributed by atoms with E-state index in [-0.39, 0.29) is 18.6 Å². The predicted molar refractivity (Wildman–Crippen MR) is 184 cm³/mol. The number of ketones is 2. The summed E-state index contributed by atoms with van der Waals surface area (Å²) in [5.74, 6) is -5.33. The Labute approximate surface area is 301 Å². The Balaban J connectivity index is 1.70. The number of nitrogens with zero attached hydrogens (tertiary/aromatic N) is 1. The maximum Gasteiger partial charge on any atom is 0.509 e. The number of carbonyl (C=O) groups excluding carboxylic acids is 4. The van der Waals surface area contributed by atoms with Gasteiger partial charge >= 0.3 is 12.1 Å². The van der Waals surface area contributed by atoms with Gasteiger partial charge in [0.15, 0.2) is 23.8 Å². The van der Waals surface area contributed by atoms with Crippen molar-refractivity contribution in [3.8, 4) is 0 Å². The Hall–Kier alpha value is -2.94. The molecule has 3 fully saturated rings. The average molecular weight is 720 g/mol. The van der Waals surface area contributed by atoms with E-state index >= 15 is 0 Å². The lowest BCUT2D eigenvalue weighted by atomic mass is 9.74. The number of carbonyl (C=O) groups is 4. The molecule has 13 nitrogen and oxygen atoms in total. The van der Waals surface area contributed by atoms with Crippen LogP contribution in [0.5, 0.6) is 0 Å². The quantitative estimate of drug-likeness (QED) is 0.303. The van der Waals surface area contributed by atoms with E-state index in [9.17, 15) is 24.3 Å². The van der Waals surface area contributed by atoms with Crippen LogP contribution in [-0.2, 0) is 54.1 Å². The van der Waals surface area contributed by atoms with Gasteiger partial charge in [-0.25, -0.2) is 4.79 Å². The second-order valence-electron chi connectivity index (χ2n) is 15.1. The van der Waals surface area contributed by atoms with Crippen LogP contribution in [0, 0.1) is 23.7 Å². The van der Waals surface area contributed by atoms with Crippen LogP contribution in [0.15, 0.2) is 30.3 Å². The van der Waals surface area contributed by atoms with Gasteiger partial charge in [-0.3, -0.25) is 14.4 Å². The van der Waals surface area contributed by atoms with E-state index in [1.807, 2.05) is 56.3 Å². The van der Waals surface area contributed by atoms with Gasteiger partial charge < -0.3 is 43.2 Å². The minimum Gasteiger partial charge on any atom is -0.457 e. The van der Waals surface area contributed by atoms with Crippen LogP contribution in [0.25, 0.3) is 0 Å². The van der Waals surface area contributed by atoms with Crippen molar-refractivity contribution in [2.45, 2.75) is 135 Å². The van der Waals surface area contributed by atoms with Gasteiger partial charge in [-0.15, -0.1) is 0 Å². The standard InChI is InChI=1S/C38H57NO12/c1-12-26-38(8)33(50-36(44)51-38)21(3)28(40)20(2)18-37(7,45-11)32(22(4)29(41)23(5)34(43)48-26)49-35-30(42)27(39(9)10)31(24(6)47-35)46-19-25-16-14-13-15-17-25/h13-17,20-24,26-27,30-33,35,42H,12,18-19H2,1-11H3/t20-,21+,22+,23-,24-,26-,27-,30-,31-,32-,33-,35+,37+,38-/m1/s1. The number of ether oxygens (including phenoxy) is 7. The minimum absolute atomic E-state index is 0.0848. The Morgan fingerprint density at radius 2 is 1.59 bits per heavy atom. The van der Waals surface area contributed by atoms with Crippen LogP contribution in [0.3, 0.4) is 0 Å². The van der Waals surface area contributed by atoms with Gasteiger partial charge in [0, 0.05) is 18.9 Å². The number of likely N-dealkylation sites (N-methyl/N-ethyl adjacent to an activating group) is 1.